The monoisotopic (exact) mass is 228 g/mol. The molecule has 0 bridgehead atoms. The molecule has 0 amide bonds. The summed E-state index contributed by atoms with van der Waals surface area (Å²) in [6.45, 7) is 3.37. The van der Waals surface area contributed by atoms with E-state index in [2.05, 4.69) is 6.58 Å². The molecule has 1 saturated carbocycles. The molecule has 84 valence electrons. The van der Waals surface area contributed by atoms with Gasteiger partial charge in [-0.15, -0.1) is 11.8 Å². The molecule has 0 N–H and O–H groups in total. The van der Waals surface area contributed by atoms with E-state index in [9.17, 15) is 4.79 Å². The molecular formula is C11H16O3S. The molecule has 0 radical (unpaired) electrons. The molecule has 0 aromatic carbocycles. The van der Waals surface area contributed by atoms with Crippen LogP contribution in [0.15, 0.2) is 12.7 Å². The highest BCUT2D eigenvalue weighted by atomic mass is 32.2. The zero-order chi connectivity index (χ0) is 10.7. The van der Waals surface area contributed by atoms with Crippen LogP contribution in [0.4, 0.5) is 0 Å². The topological polar surface area (TPSA) is 35.5 Å². The van der Waals surface area contributed by atoms with E-state index in [4.69, 9.17) is 9.47 Å². The summed E-state index contributed by atoms with van der Waals surface area (Å²) in [5.41, 5.74) is 0. The Bertz CT molecular complexity index is 254. The van der Waals surface area contributed by atoms with Gasteiger partial charge in [0.2, 0.25) is 6.29 Å². The number of esters is 1. The van der Waals surface area contributed by atoms with Gasteiger partial charge >= 0.3 is 5.97 Å². The van der Waals surface area contributed by atoms with E-state index in [-0.39, 0.29) is 12.4 Å². The lowest BCUT2D eigenvalue weighted by Crippen LogP contribution is -2.41. The zero-order valence-corrected chi connectivity index (χ0v) is 9.50. The van der Waals surface area contributed by atoms with Crippen LogP contribution in [0, 0.1) is 0 Å². The molecule has 2 aliphatic rings. The fraction of sp³-hybridized carbons (Fsp3) is 0.727. The van der Waals surface area contributed by atoms with Crippen molar-refractivity contribution in [2.45, 2.75) is 43.3 Å². The average molecular weight is 228 g/mol. The number of rotatable bonds is 2. The van der Waals surface area contributed by atoms with E-state index < -0.39 is 5.97 Å². The highest BCUT2D eigenvalue weighted by Gasteiger charge is 2.34. The van der Waals surface area contributed by atoms with Gasteiger partial charge in [-0.1, -0.05) is 19.4 Å². The SMILES string of the molecule is C=CC(=O)OC1CSC2CCCCC2O1. The van der Waals surface area contributed by atoms with Crippen LogP contribution in [0.1, 0.15) is 25.7 Å². The van der Waals surface area contributed by atoms with E-state index >= 15 is 0 Å². The molecule has 0 aromatic heterocycles. The Hall–Kier alpha value is -0.480. The Morgan fingerprint density at radius 3 is 3.07 bits per heavy atom. The number of ether oxygens (including phenoxy) is 2. The number of carbonyl (C=O) groups is 1. The van der Waals surface area contributed by atoms with Crippen LogP contribution >= 0.6 is 11.8 Å². The Kier molecular flexibility index (Phi) is 3.70. The van der Waals surface area contributed by atoms with Gasteiger partial charge in [0.1, 0.15) is 0 Å². The summed E-state index contributed by atoms with van der Waals surface area (Å²) in [6.07, 6.45) is 5.94. The van der Waals surface area contributed by atoms with Gasteiger partial charge in [0.05, 0.1) is 11.9 Å². The first-order valence-electron chi connectivity index (χ1n) is 5.39. The molecule has 2 rings (SSSR count). The van der Waals surface area contributed by atoms with Gasteiger partial charge in [-0.25, -0.2) is 4.79 Å². The molecule has 1 aliphatic heterocycles. The van der Waals surface area contributed by atoms with Crippen molar-refractivity contribution in [2.75, 3.05) is 5.75 Å². The predicted molar refractivity (Wildman–Crippen MR) is 59.7 cm³/mol. The van der Waals surface area contributed by atoms with E-state index in [1.165, 1.54) is 25.3 Å². The van der Waals surface area contributed by atoms with Crippen LogP contribution in [0.3, 0.4) is 0 Å². The molecule has 1 heterocycles. The van der Waals surface area contributed by atoms with Crippen LogP contribution in [0.2, 0.25) is 0 Å². The minimum atomic E-state index is -0.394. The van der Waals surface area contributed by atoms with Crippen molar-refractivity contribution in [3.05, 3.63) is 12.7 Å². The summed E-state index contributed by atoms with van der Waals surface area (Å²) in [7, 11) is 0. The molecule has 3 nitrogen and oxygen atoms in total. The van der Waals surface area contributed by atoms with Gasteiger partial charge < -0.3 is 9.47 Å². The third-order valence-electron chi connectivity index (χ3n) is 2.83. The Balaban J connectivity index is 1.85. The largest absolute Gasteiger partial charge is 0.432 e. The van der Waals surface area contributed by atoms with Crippen LogP contribution in [-0.4, -0.2) is 29.4 Å². The highest BCUT2D eigenvalue weighted by molar-refractivity contribution is 8.00. The number of hydrogen-bond acceptors (Lipinski definition) is 4. The summed E-state index contributed by atoms with van der Waals surface area (Å²) in [5.74, 6) is 0.357. The molecule has 4 heteroatoms. The summed E-state index contributed by atoms with van der Waals surface area (Å²) in [4.78, 5) is 11.0. The lowest BCUT2D eigenvalue weighted by Gasteiger charge is -2.38. The Labute approximate surface area is 94.2 Å². The fourth-order valence-corrected chi connectivity index (χ4v) is 3.38. The van der Waals surface area contributed by atoms with Crippen molar-refractivity contribution in [3.8, 4) is 0 Å². The summed E-state index contributed by atoms with van der Waals surface area (Å²) in [5, 5.41) is 0.609. The Morgan fingerprint density at radius 1 is 1.47 bits per heavy atom. The maximum Gasteiger partial charge on any atom is 0.332 e. The van der Waals surface area contributed by atoms with E-state index in [1.54, 1.807) is 0 Å². The van der Waals surface area contributed by atoms with E-state index in [1.807, 2.05) is 11.8 Å². The normalized spacial score (nSPS) is 35.3. The smallest absolute Gasteiger partial charge is 0.332 e. The van der Waals surface area contributed by atoms with Crippen LogP contribution < -0.4 is 0 Å². The first-order valence-corrected chi connectivity index (χ1v) is 6.44. The van der Waals surface area contributed by atoms with Crippen LogP contribution in [0.25, 0.3) is 0 Å². The van der Waals surface area contributed by atoms with Crippen molar-refractivity contribution in [3.63, 3.8) is 0 Å². The first-order chi connectivity index (χ1) is 7.29. The molecular weight excluding hydrogens is 212 g/mol. The third kappa shape index (κ3) is 2.75. The van der Waals surface area contributed by atoms with Crippen molar-refractivity contribution < 1.29 is 14.3 Å². The standard InChI is InChI=1S/C11H16O3S/c1-2-10(12)14-11-7-15-9-6-4-3-5-8(9)13-11/h2,8-9,11H,1,3-7H2. The van der Waals surface area contributed by atoms with Crippen molar-refractivity contribution in [1.29, 1.82) is 0 Å². The number of fused-ring (bicyclic) bond motifs is 1. The molecule has 1 saturated heterocycles. The molecule has 2 fully saturated rings. The molecule has 3 atom stereocenters. The van der Waals surface area contributed by atoms with Crippen LogP contribution in [0.5, 0.6) is 0 Å². The van der Waals surface area contributed by atoms with Gasteiger partial charge in [-0.3, -0.25) is 0 Å². The predicted octanol–water partition coefficient (Wildman–Crippen LogP) is 2.12. The van der Waals surface area contributed by atoms with Crippen molar-refractivity contribution in [1.82, 2.24) is 0 Å². The third-order valence-corrected chi connectivity index (χ3v) is 4.26. The lowest BCUT2D eigenvalue weighted by molar-refractivity contribution is -0.182. The van der Waals surface area contributed by atoms with Gasteiger partial charge in [0.15, 0.2) is 0 Å². The maximum atomic E-state index is 11.0. The Morgan fingerprint density at radius 2 is 2.27 bits per heavy atom. The van der Waals surface area contributed by atoms with Gasteiger partial charge in [0, 0.05) is 11.3 Å². The number of carbonyl (C=O) groups excluding carboxylic acids is 1. The van der Waals surface area contributed by atoms with Gasteiger partial charge in [-0.2, -0.15) is 0 Å². The molecule has 3 unspecified atom stereocenters. The first kappa shape index (κ1) is 11.0. The minimum Gasteiger partial charge on any atom is -0.432 e. The summed E-state index contributed by atoms with van der Waals surface area (Å²) >= 11 is 1.87. The van der Waals surface area contributed by atoms with E-state index in [0.29, 0.717) is 5.25 Å². The summed E-state index contributed by atoms with van der Waals surface area (Å²) in [6, 6.07) is 0. The number of thioether (sulfide) groups is 1. The highest BCUT2D eigenvalue weighted by Crippen LogP contribution is 2.36. The second kappa shape index (κ2) is 5.03. The zero-order valence-electron chi connectivity index (χ0n) is 8.69. The lowest BCUT2D eigenvalue weighted by atomic mass is 9.97. The number of hydrogen-bond donors (Lipinski definition) is 0. The van der Waals surface area contributed by atoms with E-state index in [0.717, 1.165) is 12.2 Å². The second-order valence-corrected chi connectivity index (χ2v) is 5.17. The molecule has 0 spiro atoms. The average Bonchev–Trinajstić information content (AvgIpc) is 2.29. The molecule has 0 aromatic rings. The van der Waals surface area contributed by atoms with Gasteiger partial charge in [-0.05, 0) is 12.8 Å². The maximum absolute atomic E-state index is 11.0. The van der Waals surface area contributed by atoms with Gasteiger partial charge in [0.25, 0.3) is 0 Å². The van der Waals surface area contributed by atoms with Crippen molar-refractivity contribution >= 4 is 17.7 Å². The quantitative estimate of drug-likeness (QED) is 0.535. The minimum absolute atomic E-state index is 0.278. The summed E-state index contributed by atoms with van der Waals surface area (Å²) < 4.78 is 10.8. The van der Waals surface area contributed by atoms with Crippen molar-refractivity contribution in [2.24, 2.45) is 0 Å². The van der Waals surface area contributed by atoms with Crippen LogP contribution in [-0.2, 0) is 14.3 Å². The fourth-order valence-electron chi connectivity index (χ4n) is 2.09. The molecule has 15 heavy (non-hydrogen) atoms. The molecule has 1 aliphatic carbocycles. The second-order valence-electron chi connectivity index (χ2n) is 3.90.